The van der Waals surface area contributed by atoms with Crippen molar-refractivity contribution >= 4 is 0 Å². The van der Waals surface area contributed by atoms with Crippen molar-refractivity contribution in [2.75, 3.05) is 0 Å². The normalized spacial score (nSPS) is 19.4. The van der Waals surface area contributed by atoms with Crippen molar-refractivity contribution in [2.24, 2.45) is 0 Å². The predicted octanol–water partition coefficient (Wildman–Crippen LogP) is 7.25. The molecular formula is C24H29Y-. The molecule has 0 amide bonds. The number of rotatable bonds is 3. The Morgan fingerprint density at radius 2 is 1.12 bits per heavy atom. The van der Waals surface area contributed by atoms with Crippen molar-refractivity contribution in [3.63, 3.8) is 0 Å². The maximum Gasteiger partial charge on any atom is 0 e. The van der Waals surface area contributed by atoms with E-state index in [0.29, 0.717) is 0 Å². The minimum atomic E-state index is 0. The fourth-order valence-corrected chi connectivity index (χ4v) is 4.68. The van der Waals surface area contributed by atoms with E-state index in [0.717, 1.165) is 11.8 Å². The molecule has 2 aromatic carbocycles. The van der Waals surface area contributed by atoms with Crippen LogP contribution in [0.4, 0.5) is 0 Å². The van der Waals surface area contributed by atoms with Gasteiger partial charge in [0.05, 0.1) is 0 Å². The molecule has 0 unspecified atom stereocenters. The van der Waals surface area contributed by atoms with Crippen LogP contribution in [0, 0.1) is 6.07 Å². The molecule has 4 rings (SSSR count). The number of hydrogen-bond acceptors (Lipinski definition) is 0. The van der Waals surface area contributed by atoms with E-state index in [9.17, 15) is 0 Å². The van der Waals surface area contributed by atoms with Gasteiger partial charge in [-0.25, -0.2) is 0 Å². The van der Waals surface area contributed by atoms with Gasteiger partial charge in [0.25, 0.3) is 0 Å². The Balaban J connectivity index is 0.00000182. The molecule has 0 spiro atoms. The van der Waals surface area contributed by atoms with E-state index in [1.165, 1.54) is 86.5 Å². The standard InChI is InChI=1S/C24H29.Y/c1-3-7-19(8-4-1)21-11-15-23(16-12-21)24-17-13-22(14-18-24)20-9-5-2-6-10-20;/h11-17,19-20H,1-10H2;/q-1;. The molecule has 0 nitrogen and oxygen atoms in total. The first kappa shape index (κ1) is 19.3. The smallest absolute Gasteiger partial charge is 0 e. The van der Waals surface area contributed by atoms with Gasteiger partial charge in [-0.15, -0.1) is 35.4 Å². The maximum absolute atomic E-state index is 3.55. The molecule has 2 aliphatic carbocycles. The zero-order chi connectivity index (χ0) is 16.2. The Kier molecular flexibility index (Phi) is 7.32. The van der Waals surface area contributed by atoms with Gasteiger partial charge in [-0.3, -0.25) is 0 Å². The van der Waals surface area contributed by atoms with Crippen LogP contribution in [0.2, 0.25) is 0 Å². The SMILES string of the molecule is [Y].[c-]1cc(C2CCCCC2)ccc1-c1ccc(C2CCCCC2)cc1. The van der Waals surface area contributed by atoms with Gasteiger partial charge >= 0.3 is 0 Å². The monoisotopic (exact) mass is 406 g/mol. The molecule has 0 saturated heterocycles. The molecule has 0 bridgehead atoms. The van der Waals surface area contributed by atoms with Crippen molar-refractivity contribution in [3.8, 4) is 11.1 Å². The molecule has 2 saturated carbocycles. The molecule has 2 aromatic rings. The average molecular weight is 406 g/mol. The largest absolute Gasteiger partial charge is 0.144 e. The molecule has 0 N–H and O–H groups in total. The summed E-state index contributed by atoms with van der Waals surface area (Å²) in [7, 11) is 0. The number of hydrogen-bond donors (Lipinski definition) is 0. The van der Waals surface area contributed by atoms with Crippen molar-refractivity contribution in [3.05, 3.63) is 59.7 Å². The summed E-state index contributed by atoms with van der Waals surface area (Å²) in [5.41, 5.74) is 5.59. The van der Waals surface area contributed by atoms with Crippen molar-refractivity contribution in [2.45, 2.75) is 76.0 Å². The molecular weight excluding hydrogens is 377 g/mol. The van der Waals surface area contributed by atoms with E-state index in [4.69, 9.17) is 0 Å². The van der Waals surface area contributed by atoms with Gasteiger partial charge in [-0.1, -0.05) is 87.1 Å². The molecule has 129 valence electrons. The van der Waals surface area contributed by atoms with Crippen LogP contribution in [0.3, 0.4) is 0 Å². The molecule has 0 heterocycles. The van der Waals surface area contributed by atoms with Crippen molar-refractivity contribution in [1.82, 2.24) is 0 Å². The summed E-state index contributed by atoms with van der Waals surface area (Å²) in [4.78, 5) is 0. The topological polar surface area (TPSA) is 0 Å². The van der Waals surface area contributed by atoms with Gasteiger partial charge < -0.3 is 0 Å². The van der Waals surface area contributed by atoms with Crippen LogP contribution in [0.25, 0.3) is 11.1 Å². The van der Waals surface area contributed by atoms with E-state index in [-0.39, 0.29) is 32.7 Å². The third kappa shape index (κ3) is 4.83. The quantitative estimate of drug-likeness (QED) is 0.471. The summed E-state index contributed by atoms with van der Waals surface area (Å²) < 4.78 is 0. The van der Waals surface area contributed by atoms with Gasteiger partial charge in [0.2, 0.25) is 0 Å². The molecule has 0 aromatic heterocycles. The van der Waals surface area contributed by atoms with Crippen LogP contribution in [-0.4, -0.2) is 0 Å². The van der Waals surface area contributed by atoms with Gasteiger partial charge in [0.1, 0.15) is 0 Å². The Hall–Kier alpha value is -0.456. The van der Waals surface area contributed by atoms with Gasteiger partial charge in [-0.05, 0) is 24.3 Å². The average Bonchev–Trinajstić information content (AvgIpc) is 2.70. The Bertz CT molecular complexity index is 569. The molecule has 1 radical (unpaired) electrons. The molecule has 0 aliphatic heterocycles. The van der Waals surface area contributed by atoms with E-state index in [2.05, 4.69) is 48.5 Å². The van der Waals surface area contributed by atoms with Crippen LogP contribution in [-0.2, 0) is 32.7 Å². The maximum atomic E-state index is 3.55. The van der Waals surface area contributed by atoms with Gasteiger partial charge in [0, 0.05) is 32.7 Å². The van der Waals surface area contributed by atoms with E-state index >= 15 is 0 Å². The summed E-state index contributed by atoms with van der Waals surface area (Å²) in [6, 6.07) is 19.7. The minimum Gasteiger partial charge on any atom is -0.144 e. The fraction of sp³-hybridized carbons (Fsp3) is 0.500. The van der Waals surface area contributed by atoms with E-state index in [1.54, 1.807) is 0 Å². The Labute approximate surface area is 178 Å². The van der Waals surface area contributed by atoms with Crippen LogP contribution in [0.5, 0.6) is 0 Å². The van der Waals surface area contributed by atoms with Gasteiger partial charge in [-0.2, -0.15) is 0 Å². The summed E-state index contributed by atoms with van der Waals surface area (Å²) in [6.45, 7) is 0. The summed E-state index contributed by atoms with van der Waals surface area (Å²) in [5.74, 6) is 1.57. The Morgan fingerprint density at radius 1 is 0.600 bits per heavy atom. The van der Waals surface area contributed by atoms with Crippen LogP contribution in [0.15, 0.2) is 42.5 Å². The van der Waals surface area contributed by atoms with Crippen LogP contribution in [0.1, 0.15) is 87.2 Å². The second-order valence-electron chi connectivity index (χ2n) is 7.83. The second kappa shape index (κ2) is 9.47. The molecule has 0 atom stereocenters. The summed E-state index contributed by atoms with van der Waals surface area (Å²) >= 11 is 0. The first-order chi connectivity index (χ1) is 11.9. The number of benzene rings is 2. The predicted molar refractivity (Wildman–Crippen MR) is 102 cm³/mol. The third-order valence-corrected chi connectivity index (χ3v) is 6.21. The minimum absolute atomic E-state index is 0. The van der Waals surface area contributed by atoms with E-state index in [1.807, 2.05) is 0 Å². The zero-order valence-electron chi connectivity index (χ0n) is 15.3. The van der Waals surface area contributed by atoms with Crippen molar-refractivity contribution in [1.29, 1.82) is 0 Å². The fourth-order valence-electron chi connectivity index (χ4n) is 4.68. The second-order valence-corrected chi connectivity index (χ2v) is 7.83. The van der Waals surface area contributed by atoms with Crippen LogP contribution < -0.4 is 0 Å². The summed E-state index contributed by atoms with van der Waals surface area (Å²) in [6.07, 6.45) is 13.9. The molecule has 25 heavy (non-hydrogen) atoms. The molecule has 2 fully saturated rings. The third-order valence-electron chi connectivity index (χ3n) is 6.21. The van der Waals surface area contributed by atoms with Crippen LogP contribution >= 0.6 is 0 Å². The molecule has 2 aliphatic rings. The first-order valence-electron chi connectivity index (χ1n) is 10.0. The van der Waals surface area contributed by atoms with Crippen molar-refractivity contribution < 1.29 is 32.7 Å². The van der Waals surface area contributed by atoms with Gasteiger partial charge in [0.15, 0.2) is 0 Å². The molecule has 1 heteroatoms. The zero-order valence-corrected chi connectivity index (χ0v) is 18.2. The Morgan fingerprint density at radius 3 is 1.64 bits per heavy atom. The van der Waals surface area contributed by atoms with E-state index < -0.39 is 0 Å². The summed E-state index contributed by atoms with van der Waals surface area (Å²) in [5, 5.41) is 0. The first-order valence-corrected chi connectivity index (χ1v) is 10.0.